The molecule has 1 fully saturated rings. The number of Topliss-reactive ketones (excluding diaryl/α,β-unsaturated/α-hetero) is 1. The standard InChI is InChI=1S/C27H20FN3O4S/c1-16-29-30-27(36-16)31-23(19-8-5-9-21(14-19)35-15-17-6-3-2-4-7-17)22(25(33)26(31)34)24(32)18-10-12-20(28)13-11-18/h2-14,23,32H,15H2,1H3/b24-22+. The molecule has 1 aromatic heterocycles. The number of aromatic nitrogens is 2. The van der Waals surface area contributed by atoms with Crippen molar-refractivity contribution >= 4 is 33.9 Å². The minimum Gasteiger partial charge on any atom is -0.507 e. The summed E-state index contributed by atoms with van der Waals surface area (Å²) in [4.78, 5) is 27.6. The van der Waals surface area contributed by atoms with Crippen molar-refractivity contribution in [2.75, 3.05) is 4.90 Å². The number of ketones is 1. The minimum absolute atomic E-state index is 0.125. The van der Waals surface area contributed by atoms with Crippen LogP contribution in [0.25, 0.3) is 5.76 Å². The minimum atomic E-state index is -0.984. The molecule has 36 heavy (non-hydrogen) atoms. The van der Waals surface area contributed by atoms with Crippen molar-refractivity contribution in [3.8, 4) is 5.75 Å². The third-order valence-electron chi connectivity index (χ3n) is 5.71. The monoisotopic (exact) mass is 501 g/mol. The fraction of sp³-hybridized carbons (Fsp3) is 0.111. The molecule has 1 N–H and O–H groups in total. The first kappa shape index (κ1) is 23.4. The van der Waals surface area contributed by atoms with Gasteiger partial charge in [-0.25, -0.2) is 4.39 Å². The Hall–Kier alpha value is -4.37. The molecule has 0 aliphatic carbocycles. The number of aliphatic hydroxyl groups is 1. The third kappa shape index (κ3) is 4.48. The van der Waals surface area contributed by atoms with Crippen molar-refractivity contribution in [3.63, 3.8) is 0 Å². The first-order chi connectivity index (χ1) is 17.4. The van der Waals surface area contributed by atoms with E-state index in [1.165, 1.54) is 29.2 Å². The summed E-state index contributed by atoms with van der Waals surface area (Å²) in [6.07, 6.45) is 0. The second-order valence-electron chi connectivity index (χ2n) is 8.13. The van der Waals surface area contributed by atoms with Gasteiger partial charge in [-0.2, -0.15) is 0 Å². The highest BCUT2D eigenvalue weighted by Gasteiger charge is 2.48. The molecule has 9 heteroatoms. The quantitative estimate of drug-likeness (QED) is 0.222. The van der Waals surface area contributed by atoms with E-state index in [-0.39, 0.29) is 16.3 Å². The van der Waals surface area contributed by atoms with Crippen LogP contribution in [0.15, 0.2) is 84.4 Å². The van der Waals surface area contributed by atoms with Crippen molar-refractivity contribution in [1.29, 1.82) is 0 Å². The molecule has 0 saturated carbocycles. The molecule has 5 rings (SSSR count). The number of aryl methyl sites for hydroxylation is 1. The summed E-state index contributed by atoms with van der Waals surface area (Å²) >= 11 is 1.16. The average Bonchev–Trinajstić information content (AvgIpc) is 3.44. The second kappa shape index (κ2) is 9.71. The van der Waals surface area contributed by atoms with E-state index in [4.69, 9.17) is 4.74 Å². The van der Waals surface area contributed by atoms with Crippen LogP contribution in [-0.4, -0.2) is 27.0 Å². The third-order valence-corrected chi connectivity index (χ3v) is 6.54. The first-order valence-corrected chi connectivity index (χ1v) is 11.9. The molecule has 1 atom stereocenters. The molecular formula is C27H20FN3O4S. The summed E-state index contributed by atoms with van der Waals surface area (Å²) in [6.45, 7) is 2.07. The van der Waals surface area contributed by atoms with E-state index in [0.29, 0.717) is 22.9 Å². The number of aliphatic hydroxyl groups excluding tert-OH is 1. The van der Waals surface area contributed by atoms with Gasteiger partial charge in [0.25, 0.3) is 5.78 Å². The molecule has 0 spiro atoms. The van der Waals surface area contributed by atoms with E-state index in [2.05, 4.69) is 10.2 Å². The number of halogens is 1. The van der Waals surface area contributed by atoms with E-state index in [1.54, 1.807) is 31.2 Å². The Kier molecular flexibility index (Phi) is 6.30. The van der Waals surface area contributed by atoms with Crippen LogP contribution in [0, 0.1) is 12.7 Å². The normalized spacial score (nSPS) is 16.9. The highest BCUT2D eigenvalue weighted by atomic mass is 32.1. The van der Waals surface area contributed by atoms with Gasteiger partial charge >= 0.3 is 5.91 Å². The molecule has 0 bridgehead atoms. The fourth-order valence-corrected chi connectivity index (χ4v) is 4.72. The predicted octanol–water partition coefficient (Wildman–Crippen LogP) is 5.19. The molecule has 0 radical (unpaired) electrons. The maximum absolute atomic E-state index is 13.5. The molecule has 2 heterocycles. The van der Waals surface area contributed by atoms with Gasteiger partial charge in [-0.15, -0.1) is 10.2 Å². The average molecular weight is 502 g/mol. The number of carbonyl (C=O) groups is 2. The number of anilines is 1. The van der Waals surface area contributed by atoms with Gasteiger partial charge in [-0.3, -0.25) is 14.5 Å². The first-order valence-electron chi connectivity index (χ1n) is 11.1. The van der Waals surface area contributed by atoms with Gasteiger partial charge in [0.1, 0.15) is 28.9 Å². The maximum atomic E-state index is 13.5. The molecule has 1 aliphatic rings. The van der Waals surface area contributed by atoms with Crippen LogP contribution < -0.4 is 9.64 Å². The summed E-state index contributed by atoms with van der Waals surface area (Å²) in [5.41, 5.74) is 1.61. The number of benzene rings is 3. The lowest BCUT2D eigenvalue weighted by Gasteiger charge is -2.23. The van der Waals surface area contributed by atoms with Crippen LogP contribution in [0.4, 0.5) is 9.52 Å². The Balaban J connectivity index is 1.59. The molecule has 3 aromatic carbocycles. The van der Waals surface area contributed by atoms with Crippen LogP contribution in [0.2, 0.25) is 0 Å². The van der Waals surface area contributed by atoms with Crippen molar-refractivity contribution in [3.05, 3.63) is 112 Å². The molecular weight excluding hydrogens is 481 g/mol. The lowest BCUT2D eigenvalue weighted by Crippen LogP contribution is -2.29. The second-order valence-corrected chi connectivity index (χ2v) is 9.29. The van der Waals surface area contributed by atoms with Crippen molar-refractivity contribution in [2.45, 2.75) is 19.6 Å². The molecule has 4 aromatic rings. The summed E-state index contributed by atoms with van der Waals surface area (Å²) in [5.74, 6) is -2.08. The van der Waals surface area contributed by atoms with E-state index in [9.17, 15) is 19.1 Å². The topological polar surface area (TPSA) is 92.6 Å². The molecule has 180 valence electrons. The highest BCUT2D eigenvalue weighted by Crippen LogP contribution is 2.43. The zero-order valence-electron chi connectivity index (χ0n) is 19.1. The van der Waals surface area contributed by atoms with E-state index >= 15 is 0 Å². The SMILES string of the molecule is Cc1nnc(N2C(=O)C(=O)/C(=C(/O)c3ccc(F)cc3)C2c2cccc(OCc3ccccc3)c2)s1. The Bertz CT molecular complexity index is 1470. The van der Waals surface area contributed by atoms with Gasteiger partial charge in [0, 0.05) is 5.56 Å². The molecule has 1 amide bonds. The number of nitrogens with zero attached hydrogens (tertiary/aromatic N) is 3. The number of amides is 1. The molecule has 1 unspecified atom stereocenters. The Morgan fingerprint density at radius 2 is 1.78 bits per heavy atom. The molecule has 1 aliphatic heterocycles. The zero-order valence-corrected chi connectivity index (χ0v) is 19.9. The Labute approximate surface area is 210 Å². The fourth-order valence-electron chi connectivity index (χ4n) is 4.01. The van der Waals surface area contributed by atoms with E-state index < -0.39 is 29.3 Å². The van der Waals surface area contributed by atoms with Crippen LogP contribution in [0.3, 0.4) is 0 Å². The van der Waals surface area contributed by atoms with Gasteiger partial charge < -0.3 is 9.84 Å². The van der Waals surface area contributed by atoms with Crippen molar-refractivity contribution < 1.29 is 23.8 Å². The van der Waals surface area contributed by atoms with Crippen molar-refractivity contribution in [1.82, 2.24) is 10.2 Å². The van der Waals surface area contributed by atoms with Crippen LogP contribution in [0.1, 0.15) is 27.7 Å². The number of carbonyl (C=O) groups excluding carboxylic acids is 2. The van der Waals surface area contributed by atoms with Gasteiger partial charge in [0.05, 0.1) is 11.6 Å². The van der Waals surface area contributed by atoms with Gasteiger partial charge in [0.15, 0.2) is 0 Å². The Morgan fingerprint density at radius 1 is 1.03 bits per heavy atom. The van der Waals surface area contributed by atoms with Crippen molar-refractivity contribution in [2.24, 2.45) is 0 Å². The van der Waals surface area contributed by atoms with Crippen LogP contribution in [0.5, 0.6) is 5.75 Å². The van der Waals surface area contributed by atoms with Crippen LogP contribution in [-0.2, 0) is 16.2 Å². The number of ether oxygens (including phenoxy) is 1. The molecule has 7 nitrogen and oxygen atoms in total. The number of hydrogen-bond acceptors (Lipinski definition) is 7. The van der Waals surface area contributed by atoms with Gasteiger partial charge in [-0.1, -0.05) is 53.8 Å². The summed E-state index contributed by atoms with van der Waals surface area (Å²) in [7, 11) is 0. The van der Waals surface area contributed by atoms with E-state index in [0.717, 1.165) is 16.9 Å². The Morgan fingerprint density at radius 3 is 2.47 bits per heavy atom. The zero-order chi connectivity index (χ0) is 25.2. The predicted molar refractivity (Wildman–Crippen MR) is 133 cm³/mol. The van der Waals surface area contributed by atoms with Gasteiger partial charge in [0.2, 0.25) is 5.13 Å². The van der Waals surface area contributed by atoms with E-state index in [1.807, 2.05) is 30.3 Å². The lowest BCUT2D eigenvalue weighted by atomic mass is 9.95. The largest absolute Gasteiger partial charge is 0.507 e. The smallest absolute Gasteiger partial charge is 0.301 e. The van der Waals surface area contributed by atoms with Crippen LogP contribution >= 0.6 is 11.3 Å². The summed E-state index contributed by atoms with van der Waals surface area (Å²) < 4.78 is 19.4. The summed E-state index contributed by atoms with van der Waals surface area (Å²) in [5, 5.41) is 20.0. The van der Waals surface area contributed by atoms with Gasteiger partial charge in [-0.05, 0) is 54.4 Å². The number of hydrogen-bond donors (Lipinski definition) is 1. The lowest BCUT2D eigenvalue weighted by molar-refractivity contribution is -0.132. The molecule has 1 saturated heterocycles. The number of rotatable bonds is 6. The maximum Gasteiger partial charge on any atom is 0.301 e. The highest BCUT2D eigenvalue weighted by molar-refractivity contribution is 7.15. The summed E-state index contributed by atoms with van der Waals surface area (Å²) in [6, 6.07) is 20.7.